The van der Waals surface area contributed by atoms with E-state index in [9.17, 15) is 8.78 Å². The lowest BCUT2D eigenvalue weighted by Crippen LogP contribution is -2.12. The molecule has 1 heterocycles. The third kappa shape index (κ3) is 2.51. The van der Waals surface area contributed by atoms with E-state index in [0.29, 0.717) is 17.3 Å². The van der Waals surface area contributed by atoms with Crippen molar-refractivity contribution >= 4 is 15.9 Å². The van der Waals surface area contributed by atoms with Crippen LogP contribution in [0.3, 0.4) is 0 Å². The minimum Gasteiger partial charge on any atom is -0.322 e. The Morgan fingerprint density at radius 1 is 1.10 bits per heavy atom. The molecule has 0 spiro atoms. The summed E-state index contributed by atoms with van der Waals surface area (Å²) in [5.74, 6) is -1.68. The van der Waals surface area contributed by atoms with E-state index >= 15 is 0 Å². The molecule has 0 saturated heterocycles. The van der Waals surface area contributed by atoms with Crippen molar-refractivity contribution in [1.82, 2.24) is 9.55 Å². The summed E-state index contributed by atoms with van der Waals surface area (Å²) < 4.78 is 29.3. The molecule has 2 nitrogen and oxygen atoms in total. The normalized spacial score (nSPS) is 16.6. The Kier molecular flexibility index (Phi) is 3.87. The molecule has 1 aromatic heterocycles. The van der Waals surface area contributed by atoms with Crippen LogP contribution >= 0.6 is 15.9 Å². The lowest BCUT2D eigenvalue weighted by molar-refractivity contribution is 0.349. The summed E-state index contributed by atoms with van der Waals surface area (Å²) in [5.41, 5.74) is 1.25. The van der Waals surface area contributed by atoms with Crippen molar-refractivity contribution in [2.75, 3.05) is 0 Å². The Bertz CT molecular complexity index is 618. The first-order chi connectivity index (χ1) is 9.66. The van der Waals surface area contributed by atoms with Gasteiger partial charge >= 0.3 is 0 Å². The Hall–Kier alpha value is -1.23. The van der Waals surface area contributed by atoms with E-state index in [0.717, 1.165) is 23.5 Å². The van der Waals surface area contributed by atoms with E-state index in [1.807, 2.05) is 0 Å². The third-order valence-corrected chi connectivity index (χ3v) is 4.68. The molecule has 0 radical (unpaired) electrons. The first-order valence-electron chi connectivity index (χ1n) is 6.84. The minimum absolute atomic E-state index is 0.449. The van der Waals surface area contributed by atoms with Gasteiger partial charge in [-0.3, -0.25) is 0 Å². The molecule has 0 amide bonds. The maximum absolute atomic E-state index is 13.3. The van der Waals surface area contributed by atoms with Crippen molar-refractivity contribution in [3.63, 3.8) is 0 Å². The molecule has 0 bridgehead atoms. The monoisotopic (exact) mass is 340 g/mol. The van der Waals surface area contributed by atoms with Gasteiger partial charge in [0.1, 0.15) is 10.3 Å². The van der Waals surface area contributed by atoms with Crippen LogP contribution in [0.25, 0.3) is 11.3 Å². The highest BCUT2D eigenvalue weighted by Gasteiger charge is 2.20. The van der Waals surface area contributed by atoms with Gasteiger partial charge in [-0.25, -0.2) is 13.8 Å². The Labute approximate surface area is 125 Å². The Morgan fingerprint density at radius 3 is 2.55 bits per heavy atom. The van der Waals surface area contributed by atoms with E-state index in [4.69, 9.17) is 0 Å². The van der Waals surface area contributed by atoms with E-state index in [1.54, 1.807) is 12.4 Å². The van der Waals surface area contributed by atoms with Gasteiger partial charge in [-0.1, -0.05) is 19.3 Å². The number of benzene rings is 1. The second kappa shape index (κ2) is 5.64. The van der Waals surface area contributed by atoms with Crippen LogP contribution in [0, 0.1) is 11.6 Å². The number of hydrogen-bond donors (Lipinski definition) is 0. The summed E-state index contributed by atoms with van der Waals surface area (Å²) in [6, 6.07) is 4.32. The van der Waals surface area contributed by atoms with Crippen molar-refractivity contribution in [3.8, 4) is 11.3 Å². The summed E-state index contributed by atoms with van der Waals surface area (Å²) >= 11 is 3.55. The number of aromatic nitrogens is 2. The van der Waals surface area contributed by atoms with Crippen LogP contribution in [-0.4, -0.2) is 9.55 Å². The quantitative estimate of drug-likeness (QED) is 0.743. The van der Waals surface area contributed by atoms with Gasteiger partial charge in [-0.2, -0.15) is 0 Å². The summed E-state index contributed by atoms with van der Waals surface area (Å²) in [5, 5.41) is 0. The van der Waals surface area contributed by atoms with Crippen LogP contribution in [0.4, 0.5) is 8.78 Å². The fourth-order valence-corrected chi connectivity index (χ4v) is 3.51. The average molecular weight is 341 g/mol. The topological polar surface area (TPSA) is 17.8 Å². The van der Waals surface area contributed by atoms with Crippen LogP contribution in [0.15, 0.2) is 29.1 Å². The van der Waals surface area contributed by atoms with Gasteiger partial charge in [0, 0.05) is 11.6 Å². The maximum atomic E-state index is 13.3. The van der Waals surface area contributed by atoms with Gasteiger partial charge in [-0.05, 0) is 47.0 Å². The zero-order valence-electron chi connectivity index (χ0n) is 11.0. The number of halogens is 3. The molecule has 20 heavy (non-hydrogen) atoms. The molecule has 1 saturated carbocycles. The third-order valence-electron chi connectivity index (χ3n) is 3.89. The molecule has 0 atom stereocenters. The molecule has 0 aliphatic heterocycles. The van der Waals surface area contributed by atoms with Crippen LogP contribution in [0.2, 0.25) is 0 Å². The predicted molar refractivity (Wildman–Crippen MR) is 77.4 cm³/mol. The molecule has 0 N–H and O–H groups in total. The van der Waals surface area contributed by atoms with Gasteiger partial charge in [0.2, 0.25) is 0 Å². The lowest BCUT2D eigenvalue weighted by atomic mass is 9.95. The van der Waals surface area contributed by atoms with E-state index in [1.165, 1.54) is 25.3 Å². The number of rotatable bonds is 2. The first-order valence-corrected chi connectivity index (χ1v) is 7.64. The molecular weight excluding hydrogens is 326 g/mol. The minimum atomic E-state index is -0.846. The number of hydrogen-bond acceptors (Lipinski definition) is 1. The summed E-state index contributed by atoms with van der Waals surface area (Å²) in [4.78, 5) is 4.36. The van der Waals surface area contributed by atoms with Crippen LogP contribution < -0.4 is 0 Å². The van der Waals surface area contributed by atoms with Gasteiger partial charge in [0.25, 0.3) is 0 Å². The highest BCUT2D eigenvalue weighted by Crippen LogP contribution is 2.35. The average Bonchev–Trinajstić information content (AvgIpc) is 2.85. The largest absolute Gasteiger partial charge is 0.322 e. The van der Waals surface area contributed by atoms with Gasteiger partial charge in [-0.15, -0.1) is 0 Å². The molecule has 1 aliphatic rings. The van der Waals surface area contributed by atoms with Crippen molar-refractivity contribution in [3.05, 3.63) is 40.8 Å². The zero-order valence-corrected chi connectivity index (χ0v) is 12.5. The molecule has 2 aromatic rings. The SMILES string of the molecule is Fc1ccc(-c2ncn(C3CCCCC3)c2Br)cc1F. The van der Waals surface area contributed by atoms with E-state index in [-0.39, 0.29) is 0 Å². The van der Waals surface area contributed by atoms with E-state index < -0.39 is 11.6 Å². The first kappa shape index (κ1) is 13.7. The van der Waals surface area contributed by atoms with Crippen LogP contribution in [0.1, 0.15) is 38.1 Å². The molecular formula is C15H15BrF2N2. The number of nitrogens with zero attached hydrogens (tertiary/aromatic N) is 2. The molecule has 106 valence electrons. The van der Waals surface area contributed by atoms with Crippen molar-refractivity contribution in [2.45, 2.75) is 38.1 Å². The van der Waals surface area contributed by atoms with Gasteiger partial charge in [0.05, 0.1) is 6.33 Å². The van der Waals surface area contributed by atoms with Crippen LogP contribution in [-0.2, 0) is 0 Å². The lowest BCUT2D eigenvalue weighted by Gasteiger charge is -2.23. The van der Waals surface area contributed by atoms with E-state index in [2.05, 4.69) is 25.5 Å². The van der Waals surface area contributed by atoms with Gasteiger partial charge in [0.15, 0.2) is 11.6 Å². The maximum Gasteiger partial charge on any atom is 0.159 e. The Morgan fingerprint density at radius 2 is 1.85 bits per heavy atom. The summed E-state index contributed by atoms with van der Waals surface area (Å²) in [6.45, 7) is 0. The molecule has 3 rings (SSSR count). The predicted octanol–water partition coefficient (Wildman–Crippen LogP) is 5.10. The second-order valence-corrected chi connectivity index (χ2v) is 5.96. The highest BCUT2D eigenvalue weighted by atomic mass is 79.9. The Balaban J connectivity index is 1.94. The molecule has 0 unspecified atom stereocenters. The van der Waals surface area contributed by atoms with Crippen molar-refractivity contribution in [1.29, 1.82) is 0 Å². The molecule has 1 aromatic carbocycles. The number of imidazole rings is 1. The molecule has 5 heteroatoms. The second-order valence-electron chi connectivity index (χ2n) is 5.21. The van der Waals surface area contributed by atoms with Gasteiger partial charge < -0.3 is 4.57 Å². The van der Waals surface area contributed by atoms with Crippen molar-refractivity contribution in [2.24, 2.45) is 0 Å². The zero-order chi connectivity index (χ0) is 14.1. The fraction of sp³-hybridized carbons (Fsp3) is 0.400. The highest BCUT2D eigenvalue weighted by molar-refractivity contribution is 9.10. The van der Waals surface area contributed by atoms with Crippen LogP contribution in [0.5, 0.6) is 0 Å². The summed E-state index contributed by atoms with van der Waals surface area (Å²) in [7, 11) is 0. The van der Waals surface area contributed by atoms with Crippen molar-refractivity contribution < 1.29 is 8.78 Å². The molecule has 1 fully saturated rings. The summed E-state index contributed by atoms with van der Waals surface area (Å²) in [6.07, 6.45) is 7.83. The standard InChI is InChI=1S/C15H15BrF2N2/c16-15-14(10-6-7-12(17)13(18)8-10)19-9-20(15)11-4-2-1-3-5-11/h6-9,11H,1-5H2. The smallest absolute Gasteiger partial charge is 0.159 e. The molecule has 1 aliphatic carbocycles. The fourth-order valence-electron chi connectivity index (χ4n) is 2.80.